The molecule has 0 aromatic heterocycles. The molecule has 2 heterocycles. The molecule has 0 bridgehead atoms. The molecule has 6 nitrogen and oxygen atoms in total. The number of alkyl halides is 3. The molecule has 2 aliphatic rings. The van der Waals surface area contributed by atoms with Crippen molar-refractivity contribution in [3.8, 4) is 0 Å². The van der Waals surface area contributed by atoms with E-state index in [-0.39, 0.29) is 59.2 Å². The summed E-state index contributed by atoms with van der Waals surface area (Å²) in [7, 11) is -3.86. The molecule has 2 aromatic carbocycles. The molecule has 1 N–H and O–H groups in total. The van der Waals surface area contributed by atoms with Gasteiger partial charge in [-0.15, -0.1) is 0 Å². The fourth-order valence-corrected chi connectivity index (χ4v) is 6.88. The van der Waals surface area contributed by atoms with Crippen LogP contribution in [-0.4, -0.2) is 48.3 Å². The minimum absolute atomic E-state index is 0.0100. The first-order valence-corrected chi connectivity index (χ1v) is 14.1. The first kappa shape index (κ1) is 28.2. The van der Waals surface area contributed by atoms with Gasteiger partial charge in [0.25, 0.3) is 0 Å². The number of hydrogen-bond acceptors (Lipinski definition) is 4. The molecule has 12 heteroatoms. The quantitative estimate of drug-likeness (QED) is 0.489. The molecule has 1 unspecified atom stereocenters. The van der Waals surface area contributed by atoms with Gasteiger partial charge in [0.05, 0.1) is 32.2 Å². The third-order valence-electron chi connectivity index (χ3n) is 6.90. The van der Waals surface area contributed by atoms with Crippen LogP contribution in [0.25, 0.3) is 0 Å². The molecule has 4 rings (SSSR count). The Morgan fingerprint density at radius 2 is 1.76 bits per heavy atom. The number of amides is 1. The predicted molar refractivity (Wildman–Crippen MR) is 136 cm³/mol. The number of carbonyl (C=O) groups is 1. The van der Waals surface area contributed by atoms with E-state index in [1.54, 1.807) is 11.0 Å². The number of nitrogens with zero attached hydrogens (tertiary/aromatic N) is 2. The van der Waals surface area contributed by atoms with E-state index in [4.69, 9.17) is 23.2 Å². The van der Waals surface area contributed by atoms with Gasteiger partial charge in [0, 0.05) is 19.6 Å². The number of nitrogens with one attached hydrogen (secondary N) is 1. The van der Waals surface area contributed by atoms with Gasteiger partial charge in [0.2, 0.25) is 15.9 Å². The molecule has 202 valence electrons. The van der Waals surface area contributed by atoms with Crippen LogP contribution in [0.4, 0.5) is 13.2 Å². The number of piperidine rings is 1. The lowest BCUT2D eigenvalue weighted by atomic mass is 9.96. The fraction of sp³-hybridized carbons (Fsp3) is 0.480. The topological polar surface area (TPSA) is 69.7 Å². The highest BCUT2D eigenvalue weighted by molar-refractivity contribution is 7.89. The van der Waals surface area contributed by atoms with Crippen LogP contribution < -0.4 is 5.32 Å². The Bertz CT molecular complexity index is 1280. The molecule has 2 aliphatic heterocycles. The summed E-state index contributed by atoms with van der Waals surface area (Å²) in [5, 5.41) is 3.80. The molecule has 0 saturated carbocycles. The van der Waals surface area contributed by atoms with Crippen LogP contribution in [0.2, 0.25) is 10.0 Å². The number of halogens is 5. The first-order chi connectivity index (χ1) is 17.2. The Morgan fingerprint density at radius 1 is 1.08 bits per heavy atom. The van der Waals surface area contributed by atoms with Crippen LogP contribution in [0.5, 0.6) is 0 Å². The molecular weight excluding hydrogens is 550 g/mol. The normalized spacial score (nSPS) is 20.8. The van der Waals surface area contributed by atoms with E-state index in [9.17, 15) is 26.4 Å². The molecule has 2 fully saturated rings. The van der Waals surface area contributed by atoms with Gasteiger partial charge in [-0.1, -0.05) is 49.2 Å². The lowest BCUT2D eigenvalue weighted by Crippen LogP contribution is -2.59. The molecule has 37 heavy (non-hydrogen) atoms. The Labute approximate surface area is 224 Å². The van der Waals surface area contributed by atoms with Gasteiger partial charge in [0.1, 0.15) is 0 Å². The van der Waals surface area contributed by atoms with Crippen LogP contribution in [0.3, 0.4) is 0 Å². The van der Waals surface area contributed by atoms with Crippen molar-refractivity contribution in [2.75, 3.05) is 13.1 Å². The number of sulfonamides is 1. The summed E-state index contributed by atoms with van der Waals surface area (Å²) >= 11 is 12.0. The Morgan fingerprint density at radius 3 is 2.35 bits per heavy atom. The van der Waals surface area contributed by atoms with Gasteiger partial charge in [-0.05, 0) is 61.1 Å². The van der Waals surface area contributed by atoms with Crippen molar-refractivity contribution >= 4 is 39.1 Å². The Balaban J connectivity index is 1.59. The second-order valence-electron chi connectivity index (χ2n) is 9.96. The van der Waals surface area contributed by atoms with Crippen LogP contribution in [-0.2, 0) is 27.5 Å². The van der Waals surface area contributed by atoms with E-state index in [1.165, 1.54) is 28.6 Å². The second-order valence-corrected chi connectivity index (χ2v) is 12.7. The van der Waals surface area contributed by atoms with Crippen LogP contribution in [0.1, 0.15) is 44.2 Å². The van der Waals surface area contributed by atoms with E-state index < -0.39 is 33.5 Å². The second kappa shape index (κ2) is 10.4. The molecule has 2 saturated heterocycles. The molecule has 2 aromatic rings. The lowest BCUT2D eigenvalue weighted by molar-refractivity contribution is -0.137. The molecule has 1 amide bonds. The van der Waals surface area contributed by atoms with Crippen molar-refractivity contribution in [2.24, 2.45) is 5.92 Å². The molecule has 0 radical (unpaired) electrons. The highest BCUT2D eigenvalue weighted by Gasteiger charge is 2.52. The van der Waals surface area contributed by atoms with E-state index >= 15 is 0 Å². The first-order valence-electron chi connectivity index (χ1n) is 11.9. The minimum Gasteiger partial charge on any atom is -0.319 e. The minimum atomic E-state index is -4.49. The zero-order valence-electron chi connectivity index (χ0n) is 20.4. The average molecular weight is 578 g/mol. The molecule has 1 atom stereocenters. The Hall–Kier alpha value is -1.85. The van der Waals surface area contributed by atoms with Crippen molar-refractivity contribution in [1.29, 1.82) is 0 Å². The van der Waals surface area contributed by atoms with Crippen molar-refractivity contribution in [2.45, 2.75) is 62.4 Å². The van der Waals surface area contributed by atoms with Crippen molar-refractivity contribution in [3.63, 3.8) is 0 Å². The zero-order valence-corrected chi connectivity index (χ0v) is 22.7. The SMILES string of the molecule is CC(C)CC1NC2(CCN(S(=O)(=O)c3ccc(Cl)c(Cl)c3)CC2)N(Cc2cccc(C(F)(F)F)c2)C1=O. The number of hydrogen-bond donors (Lipinski definition) is 1. The summed E-state index contributed by atoms with van der Waals surface area (Å²) in [4.78, 5) is 15.1. The fourth-order valence-electron chi connectivity index (χ4n) is 5.05. The van der Waals surface area contributed by atoms with Gasteiger partial charge in [-0.2, -0.15) is 17.5 Å². The Kier molecular flexibility index (Phi) is 7.90. The summed E-state index contributed by atoms with van der Waals surface area (Å²) in [5.41, 5.74) is -1.28. The maximum Gasteiger partial charge on any atom is 0.416 e. The van der Waals surface area contributed by atoms with E-state index in [1.807, 2.05) is 13.8 Å². The maximum absolute atomic E-state index is 13.5. The molecule has 1 spiro atoms. The number of rotatable bonds is 6. The van der Waals surface area contributed by atoms with Gasteiger partial charge in [-0.25, -0.2) is 8.42 Å². The van der Waals surface area contributed by atoms with E-state index in [0.29, 0.717) is 12.0 Å². The highest BCUT2D eigenvalue weighted by Crippen LogP contribution is 2.38. The van der Waals surface area contributed by atoms with E-state index in [0.717, 1.165) is 12.1 Å². The third-order valence-corrected chi connectivity index (χ3v) is 9.54. The molecule has 0 aliphatic carbocycles. The third kappa shape index (κ3) is 5.78. The summed E-state index contributed by atoms with van der Waals surface area (Å²) in [6.45, 7) is 4.21. The summed E-state index contributed by atoms with van der Waals surface area (Å²) in [6.07, 6.45) is -3.37. The number of carbonyl (C=O) groups excluding carboxylic acids is 1. The van der Waals surface area contributed by atoms with Crippen molar-refractivity contribution in [1.82, 2.24) is 14.5 Å². The van der Waals surface area contributed by atoms with Gasteiger partial charge in [0.15, 0.2) is 0 Å². The van der Waals surface area contributed by atoms with Crippen LogP contribution in [0, 0.1) is 5.92 Å². The monoisotopic (exact) mass is 577 g/mol. The highest BCUT2D eigenvalue weighted by atomic mass is 35.5. The summed E-state index contributed by atoms with van der Waals surface area (Å²) < 4.78 is 67.7. The smallest absolute Gasteiger partial charge is 0.319 e. The standard InChI is InChI=1S/C25H28Cl2F3N3O3S/c1-16(2)12-22-23(34)33(15-17-4-3-5-18(13-17)25(28,29)30)24(31-22)8-10-32(11-9-24)37(35,36)19-6-7-20(26)21(27)14-19/h3-7,13-14,16,22,31H,8-12,15H2,1-2H3. The largest absolute Gasteiger partial charge is 0.416 e. The molecular formula is C25H28Cl2F3N3O3S. The van der Waals surface area contributed by atoms with Crippen molar-refractivity contribution < 1.29 is 26.4 Å². The predicted octanol–water partition coefficient (Wildman–Crippen LogP) is 5.54. The van der Waals surface area contributed by atoms with Gasteiger partial charge in [-0.3, -0.25) is 10.1 Å². The maximum atomic E-state index is 13.5. The van der Waals surface area contributed by atoms with Crippen LogP contribution >= 0.6 is 23.2 Å². The van der Waals surface area contributed by atoms with Gasteiger partial charge < -0.3 is 4.90 Å². The van der Waals surface area contributed by atoms with Gasteiger partial charge >= 0.3 is 6.18 Å². The zero-order chi connectivity index (χ0) is 27.2. The summed E-state index contributed by atoms with van der Waals surface area (Å²) in [5.74, 6) is 0.0222. The van der Waals surface area contributed by atoms with E-state index in [2.05, 4.69) is 5.32 Å². The van der Waals surface area contributed by atoms with Crippen LogP contribution in [0.15, 0.2) is 47.4 Å². The summed E-state index contributed by atoms with van der Waals surface area (Å²) in [6, 6.07) is 8.57. The lowest BCUT2D eigenvalue weighted by Gasteiger charge is -2.44. The number of benzene rings is 2. The van der Waals surface area contributed by atoms with Crippen molar-refractivity contribution in [3.05, 3.63) is 63.6 Å². The average Bonchev–Trinajstić information content (AvgIpc) is 3.05.